The van der Waals surface area contributed by atoms with Gasteiger partial charge in [0.05, 0.1) is 0 Å². The minimum absolute atomic E-state index is 0. The second-order valence-electron chi connectivity index (χ2n) is 9.19. The molecule has 14 heteroatoms. The number of carbonyl (C=O) groups excluding carboxylic acids is 5. The van der Waals surface area contributed by atoms with Gasteiger partial charge in [-0.05, 0) is 65.8 Å². The standard InChI is InChI=1S/C13H16O4.C7H6O2.C6H11BrO2.CH2O3.2K.H2/c1-13(2,3)17-12(15)9-16-11-6-4-5-10(7-11)8-14;8-5-6-2-1-3-7(9)4-6;1-6(2,3)9-5(8)4-7;2-1-4-3;;;/h4-8H,9H2,1-3H3;1-5,9H;4H2,1-3H3;1,3H;;;1H/q;;;;;+1;/p-1/i;;;;;;1+1. The predicted molar refractivity (Wildman–Crippen MR) is 151 cm³/mol. The van der Waals surface area contributed by atoms with E-state index in [2.05, 4.69) is 20.8 Å². The molecule has 41 heavy (non-hydrogen) atoms. The number of carbonyl (C=O) groups is 5. The van der Waals surface area contributed by atoms with Crippen molar-refractivity contribution in [2.75, 3.05) is 11.9 Å². The Hall–Kier alpha value is -0.497. The minimum atomic E-state index is -0.523. The first kappa shape index (κ1) is 47.4. The fourth-order valence-corrected chi connectivity index (χ4v) is 2.27. The SMILES string of the molecule is CC(C)(C)OC(=O)CBr.CC(C)(C)OC(=O)COc1cccc(C=O)c1.O=CO[O-].O=Cc1cccc(O)c1.[2HH].[K+].[K]. The van der Waals surface area contributed by atoms with Gasteiger partial charge in [0.25, 0.3) is 6.47 Å². The number of halogens is 1. The first-order valence-corrected chi connectivity index (χ1v) is 12.4. The van der Waals surface area contributed by atoms with E-state index in [9.17, 15) is 19.2 Å². The van der Waals surface area contributed by atoms with Crippen LogP contribution in [0.4, 0.5) is 0 Å². The van der Waals surface area contributed by atoms with Crippen LogP contribution in [0.2, 0.25) is 0 Å². The third-order valence-corrected chi connectivity index (χ3v) is 3.80. The molecular formula is C27H36BrK2O11. The van der Waals surface area contributed by atoms with Crippen molar-refractivity contribution in [3.63, 3.8) is 0 Å². The van der Waals surface area contributed by atoms with Gasteiger partial charge >= 0.3 is 63.3 Å². The van der Waals surface area contributed by atoms with Crippen molar-refractivity contribution in [3.05, 3.63) is 59.7 Å². The van der Waals surface area contributed by atoms with Crippen molar-refractivity contribution < 1.29 is 106 Å². The summed E-state index contributed by atoms with van der Waals surface area (Å²) in [6.07, 6.45) is 1.42. The summed E-state index contributed by atoms with van der Waals surface area (Å²) < 4.78 is 15.2. The number of ether oxygens (including phenoxy) is 3. The first-order valence-electron chi connectivity index (χ1n) is 11.2. The van der Waals surface area contributed by atoms with Crippen LogP contribution in [-0.4, -0.2) is 111 Å². The molecular weight excluding hydrogens is 658 g/mol. The van der Waals surface area contributed by atoms with Crippen molar-refractivity contribution >= 4 is 98.3 Å². The van der Waals surface area contributed by atoms with Gasteiger partial charge in [-0.25, -0.2) is 4.79 Å². The molecule has 0 aliphatic rings. The Bertz CT molecular complexity index is 1040. The number of aromatic hydroxyl groups is 1. The van der Waals surface area contributed by atoms with E-state index in [0.717, 1.165) is 6.29 Å². The largest absolute Gasteiger partial charge is 1.00 e. The van der Waals surface area contributed by atoms with Crippen LogP contribution in [-0.2, 0) is 28.7 Å². The summed E-state index contributed by atoms with van der Waals surface area (Å²) in [6.45, 7) is 10.5. The monoisotopic (exact) mass is 694 g/mol. The van der Waals surface area contributed by atoms with Crippen LogP contribution in [0.3, 0.4) is 0 Å². The maximum absolute atomic E-state index is 11.4. The fourth-order valence-electron chi connectivity index (χ4n) is 2.16. The van der Waals surface area contributed by atoms with Gasteiger partial charge in [-0.3, -0.25) is 19.2 Å². The van der Waals surface area contributed by atoms with Gasteiger partial charge in [-0.1, -0.05) is 40.2 Å². The fraction of sp³-hybridized carbons (Fsp3) is 0.370. The molecule has 0 aliphatic carbocycles. The van der Waals surface area contributed by atoms with E-state index >= 15 is 0 Å². The Labute approximate surface area is 335 Å². The van der Waals surface area contributed by atoms with Gasteiger partial charge in [-0.15, -0.1) is 0 Å². The molecule has 0 atom stereocenters. The smallest absolute Gasteiger partial charge is 0.662 e. The van der Waals surface area contributed by atoms with E-state index in [4.69, 9.17) is 29.4 Å². The summed E-state index contributed by atoms with van der Waals surface area (Å²) in [4.78, 5) is 53.8. The van der Waals surface area contributed by atoms with Gasteiger partial charge in [0.2, 0.25) is 0 Å². The summed E-state index contributed by atoms with van der Waals surface area (Å²) >= 11 is 2.99. The first-order chi connectivity index (χ1) is 18.1. The maximum atomic E-state index is 11.4. The van der Waals surface area contributed by atoms with E-state index in [0.29, 0.717) is 23.2 Å². The van der Waals surface area contributed by atoms with Gasteiger partial charge in [0.15, 0.2) is 6.61 Å². The zero-order valence-corrected chi connectivity index (χ0v) is 32.5. The number of esters is 2. The van der Waals surface area contributed by atoms with Crippen molar-refractivity contribution in [1.29, 1.82) is 0 Å². The number of hydrogen-bond acceptors (Lipinski definition) is 11. The van der Waals surface area contributed by atoms with Gasteiger partial charge in [0.1, 0.15) is 40.6 Å². The topological polar surface area (TPSA) is 166 Å². The number of benzene rings is 2. The summed E-state index contributed by atoms with van der Waals surface area (Å²) in [7, 11) is 0. The number of phenolic OH excluding ortho intramolecular Hbond substituents is 1. The van der Waals surface area contributed by atoms with Gasteiger partial charge in [0, 0.05) is 63.9 Å². The molecule has 2 aromatic rings. The van der Waals surface area contributed by atoms with Crippen molar-refractivity contribution in [2.24, 2.45) is 0 Å². The third-order valence-electron chi connectivity index (χ3n) is 3.35. The zero-order valence-electron chi connectivity index (χ0n) is 24.7. The number of phenols is 1. The third kappa shape index (κ3) is 32.3. The molecule has 0 aliphatic heterocycles. The molecule has 0 saturated carbocycles. The molecule has 1 N–H and O–H groups in total. The molecule has 1 radical (unpaired) electrons. The second kappa shape index (κ2) is 27.1. The molecule has 2 rings (SSSR count). The summed E-state index contributed by atoms with van der Waals surface area (Å²) in [5.74, 6) is -0.0587. The summed E-state index contributed by atoms with van der Waals surface area (Å²) in [5.41, 5.74) is 0.123. The average molecular weight is 696 g/mol. The Morgan fingerprint density at radius 2 is 1.32 bits per heavy atom. The van der Waals surface area contributed by atoms with E-state index < -0.39 is 11.6 Å². The van der Waals surface area contributed by atoms with Crippen LogP contribution in [0.15, 0.2) is 48.5 Å². The maximum Gasteiger partial charge on any atom is 1.00 e. The molecule has 2 aromatic carbocycles. The Kier molecular flexibility index (Phi) is 31.3. The average Bonchev–Trinajstić information content (AvgIpc) is 2.86. The van der Waals surface area contributed by atoms with Crippen LogP contribution >= 0.6 is 15.9 Å². The Balaban J connectivity index is -0.000000157. The van der Waals surface area contributed by atoms with Crippen molar-refractivity contribution in [3.8, 4) is 11.5 Å². The summed E-state index contributed by atoms with van der Waals surface area (Å²) in [6, 6.07) is 12.8. The Morgan fingerprint density at radius 1 is 0.878 bits per heavy atom. The number of rotatable bonds is 7. The van der Waals surface area contributed by atoms with Gasteiger partial charge < -0.3 is 29.5 Å². The molecule has 0 amide bonds. The molecule has 219 valence electrons. The number of alkyl halides is 1. The second-order valence-corrected chi connectivity index (χ2v) is 9.75. The molecule has 0 saturated heterocycles. The van der Waals surface area contributed by atoms with Crippen molar-refractivity contribution in [2.45, 2.75) is 52.7 Å². The molecule has 11 nitrogen and oxygen atoms in total. The van der Waals surface area contributed by atoms with Crippen LogP contribution in [0.1, 0.15) is 63.7 Å². The molecule has 0 unspecified atom stereocenters. The van der Waals surface area contributed by atoms with E-state index in [1.165, 1.54) is 12.1 Å². The van der Waals surface area contributed by atoms with Gasteiger partial charge in [-0.2, -0.15) is 0 Å². The van der Waals surface area contributed by atoms with Crippen LogP contribution < -0.4 is 61.4 Å². The van der Waals surface area contributed by atoms with Crippen LogP contribution in [0, 0.1) is 0 Å². The van der Waals surface area contributed by atoms with E-state index in [-0.39, 0.29) is 140 Å². The Morgan fingerprint density at radius 3 is 1.66 bits per heavy atom. The molecule has 0 spiro atoms. The minimum Gasteiger partial charge on any atom is -0.662 e. The number of hydrogen-bond donors (Lipinski definition) is 1. The molecule has 0 bridgehead atoms. The molecule has 0 aromatic heterocycles. The van der Waals surface area contributed by atoms with Crippen LogP contribution in [0.25, 0.3) is 0 Å². The van der Waals surface area contributed by atoms with E-state index in [1.54, 1.807) is 57.2 Å². The normalized spacial score (nSPS) is 9.37. The van der Waals surface area contributed by atoms with Crippen LogP contribution in [0.5, 0.6) is 11.5 Å². The summed E-state index contributed by atoms with van der Waals surface area (Å²) in [5, 5.41) is 17.5. The number of aldehydes is 2. The molecule has 0 heterocycles. The zero-order chi connectivity index (χ0) is 30.5. The quantitative estimate of drug-likeness (QED) is 0.107. The van der Waals surface area contributed by atoms with Crippen molar-refractivity contribution in [1.82, 2.24) is 0 Å². The molecule has 0 fully saturated rings. The predicted octanol–water partition coefficient (Wildman–Crippen LogP) is 0.451. The van der Waals surface area contributed by atoms with E-state index in [1.807, 2.05) is 20.8 Å².